The molecule has 1 N–H and O–H groups in total. The maximum absolute atomic E-state index is 12.0. The molecule has 3 aromatic rings. The Hall–Kier alpha value is -1.86. The van der Waals surface area contributed by atoms with Gasteiger partial charge in [0, 0.05) is 11.9 Å². The van der Waals surface area contributed by atoms with Crippen LogP contribution in [0.2, 0.25) is 0 Å². The van der Waals surface area contributed by atoms with Gasteiger partial charge in [-0.2, -0.15) is 0 Å². The highest BCUT2D eigenvalue weighted by atomic mass is 32.2. The molecule has 3 rings (SSSR count). The number of carbonyl (C=O) groups is 1. The maximum atomic E-state index is 12.0. The third-order valence-electron chi connectivity index (χ3n) is 3.44. The largest absolute Gasteiger partial charge is 0.431 e. The van der Waals surface area contributed by atoms with E-state index in [1.165, 1.54) is 23.1 Å². The number of benzene rings is 1. The Morgan fingerprint density at radius 2 is 2.25 bits per heavy atom. The Bertz CT molecular complexity index is 841. The first kappa shape index (κ1) is 17.0. The van der Waals surface area contributed by atoms with Crippen LogP contribution in [0.1, 0.15) is 40.8 Å². The van der Waals surface area contributed by atoms with Gasteiger partial charge < -0.3 is 9.73 Å². The summed E-state index contributed by atoms with van der Waals surface area (Å²) >= 11 is 2.97. The second-order valence-corrected chi connectivity index (χ2v) is 7.34. The average molecular weight is 361 g/mol. The third-order valence-corrected chi connectivity index (χ3v) is 5.31. The molecule has 0 spiro atoms. The van der Waals surface area contributed by atoms with Crippen molar-refractivity contribution >= 4 is 40.1 Å². The molecule has 0 aliphatic heterocycles. The topological polar surface area (TPSA) is 68.0 Å². The minimum absolute atomic E-state index is 0.103. The number of nitrogens with one attached hydrogen (secondary N) is 1. The number of hydrogen-bond acceptors (Lipinski definition) is 6. The quantitative estimate of drug-likeness (QED) is 0.498. The Labute approximate surface area is 148 Å². The number of fused-ring (bicyclic) bond motifs is 1. The zero-order valence-electron chi connectivity index (χ0n) is 13.7. The molecule has 1 amide bonds. The van der Waals surface area contributed by atoms with Crippen molar-refractivity contribution in [2.45, 2.75) is 37.7 Å². The van der Waals surface area contributed by atoms with Crippen LogP contribution in [-0.4, -0.2) is 22.4 Å². The molecular weight excluding hydrogens is 342 g/mol. The zero-order chi connectivity index (χ0) is 16.9. The molecule has 0 aliphatic carbocycles. The van der Waals surface area contributed by atoms with Crippen LogP contribution in [0.25, 0.3) is 11.1 Å². The van der Waals surface area contributed by atoms with E-state index in [9.17, 15) is 4.79 Å². The number of oxazole rings is 1. The molecule has 24 heavy (non-hydrogen) atoms. The van der Waals surface area contributed by atoms with Gasteiger partial charge in [-0.25, -0.2) is 9.97 Å². The summed E-state index contributed by atoms with van der Waals surface area (Å²) in [5.41, 5.74) is 3.30. The molecule has 7 heteroatoms. The Balaban J connectivity index is 1.59. The molecule has 0 atom stereocenters. The lowest BCUT2D eigenvalue weighted by Gasteiger charge is -2.00. The molecule has 2 heterocycles. The molecule has 126 valence electrons. The predicted molar refractivity (Wildman–Crippen MR) is 97.7 cm³/mol. The van der Waals surface area contributed by atoms with E-state index in [1.807, 2.05) is 25.1 Å². The fourth-order valence-corrected chi connectivity index (χ4v) is 3.78. The molecule has 2 aromatic heterocycles. The lowest BCUT2D eigenvalue weighted by Crippen LogP contribution is -2.24. The van der Waals surface area contributed by atoms with Crippen molar-refractivity contribution in [3.63, 3.8) is 0 Å². The van der Waals surface area contributed by atoms with E-state index in [0.29, 0.717) is 23.2 Å². The molecule has 0 radical (unpaired) electrons. The summed E-state index contributed by atoms with van der Waals surface area (Å²) in [4.78, 5) is 20.8. The normalized spacial score (nSPS) is 11.1. The molecular formula is C17H19N3O2S2. The molecule has 0 saturated heterocycles. The predicted octanol–water partition coefficient (Wildman–Crippen LogP) is 4.41. The maximum Gasteiger partial charge on any atom is 0.270 e. The highest BCUT2D eigenvalue weighted by molar-refractivity contribution is 7.98. The smallest absolute Gasteiger partial charge is 0.270 e. The van der Waals surface area contributed by atoms with Crippen molar-refractivity contribution in [1.82, 2.24) is 15.3 Å². The lowest BCUT2D eigenvalue weighted by atomic mass is 10.2. The fraction of sp³-hybridized carbons (Fsp3) is 0.353. The second kappa shape index (κ2) is 7.81. The van der Waals surface area contributed by atoms with Crippen LogP contribution in [0.3, 0.4) is 0 Å². The number of carbonyl (C=O) groups excluding carboxylic acids is 1. The number of amides is 1. The van der Waals surface area contributed by atoms with Crippen molar-refractivity contribution in [3.05, 3.63) is 39.8 Å². The average Bonchev–Trinajstić information content (AvgIpc) is 3.19. The van der Waals surface area contributed by atoms with Crippen LogP contribution in [0.5, 0.6) is 0 Å². The molecule has 0 fully saturated rings. The van der Waals surface area contributed by atoms with Crippen LogP contribution in [0.4, 0.5) is 0 Å². The van der Waals surface area contributed by atoms with E-state index < -0.39 is 0 Å². The molecule has 0 bridgehead atoms. The number of thioether (sulfide) groups is 1. The van der Waals surface area contributed by atoms with E-state index in [2.05, 4.69) is 22.2 Å². The van der Waals surface area contributed by atoms with Crippen LogP contribution in [0.15, 0.2) is 33.2 Å². The molecule has 0 aliphatic rings. The van der Waals surface area contributed by atoms with Gasteiger partial charge in [0.2, 0.25) is 0 Å². The van der Waals surface area contributed by atoms with Crippen molar-refractivity contribution in [3.8, 4) is 0 Å². The summed E-state index contributed by atoms with van der Waals surface area (Å²) in [5.74, 6) is 0.534. The van der Waals surface area contributed by atoms with Crippen molar-refractivity contribution < 1.29 is 9.21 Å². The van der Waals surface area contributed by atoms with Crippen molar-refractivity contribution in [2.24, 2.45) is 0 Å². The number of aryl methyl sites for hydroxylation is 1. The number of rotatable bonds is 7. The molecule has 5 nitrogen and oxygen atoms in total. The lowest BCUT2D eigenvalue weighted by molar-refractivity contribution is 0.0948. The standard InChI is InChI=1S/C17H19N3O2S2/c1-3-4-7-18-16(21)13-9-23-15(19-13)10-24-17-20-12-8-11(2)5-6-14(12)22-17/h5-6,8-9H,3-4,7,10H2,1-2H3,(H,18,21). The first-order valence-corrected chi connectivity index (χ1v) is 9.75. The summed E-state index contributed by atoms with van der Waals surface area (Å²) in [5, 5.41) is 6.19. The first-order valence-electron chi connectivity index (χ1n) is 7.88. The monoisotopic (exact) mass is 361 g/mol. The molecule has 0 unspecified atom stereocenters. The van der Waals surface area contributed by atoms with Crippen LogP contribution in [0, 0.1) is 6.92 Å². The second-order valence-electron chi connectivity index (χ2n) is 5.48. The van der Waals surface area contributed by atoms with Crippen molar-refractivity contribution in [1.29, 1.82) is 0 Å². The highest BCUT2D eigenvalue weighted by Crippen LogP contribution is 2.27. The summed E-state index contributed by atoms with van der Waals surface area (Å²) in [6.45, 7) is 4.82. The fourth-order valence-electron chi connectivity index (χ4n) is 2.15. The summed E-state index contributed by atoms with van der Waals surface area (Å²) < 4.78 is 5.71. The Morgan fingerprint density at radius 3 is 3.08 bits per heavy atom. The Morgan fingerprint density at radius 1 is 1.38 bits per heavy atom. The van der Waals surface area contributed by atoms with Crippen LogP contribution in [-0.2, 0) is 5.75 Å². The number of nitrogens with zero attached hydrogens (tertiary/aromatic N) is 2. The number of unbranched alkanes of at least 4 members (excludes halogenated alkanes) is 1. The third kappa shape index (κ3) is 4.15. The van der Waals surface area contributed by atoms with E-state index >= 15 is 0 Å². The van der Waals surface area contributed by atoms with E-state index in [0.717, 1.165) is 34.5 Å². The number of thiazole rings is 1. The van der Waals surface area contributed by atoms with Gasteiger partial charge in [-0.3, -0.25) is 4.79 Å². The Kier molecular flexibility index (Phi) is 5.52. The van der Waals surface area contributed by atoms with Gasteiger partial charge >= 0.3 is 0 Å². The van der Waals surface area contributed by atoms with Gasteiger partial charge in [0.15, 0.2) is 5.58 Å². The van der Waals surface area contributed by atoms with Gasteiger partial charge in [0.25, 0.3) is 11.1 Å². The van der Waals surface area contributed by atoms with Crippen LogP contribution < -0.4 is 5.32 Å². The first-order chi connectivity index (χ1) is 11.7. The number of aromatic nitrogens is 2. The van der Waals surface area contributed by atoms with Gasteiger partial charge in [0.1, 0.15) is 16.2 Å². The molecule has 1 aromatic carbocycles. The van der Waals surface area contributed by atoms with Crippen LogP contribution >= 0.6 is 23.1 Å². The summed E-state index contributed by atoms with van der Waals surface area (Å²) in [7, 11) is 0. The van der Waals surface area contributed by atoms with E-state index in [-0.39, 0.29) is 5.91 Å². The van der Waals surface area contributed by atoms with Gasteiger partial charge in [0.05, 0.1) is 5.75 Å². The minimum atomic E-state index is -0.103. The molecule has 0 saturated carbocycles. The summed E-state index contributed by atoms with van der Waals surface area (Å²) in [6, 6.07) is 5.95. The summed E-state index contributed by atoms with van der Waals surface area (Å²) in [6.07, 6.45) is 2.04. The highest BCUT2D eigenvalue weighted by Gasteiger charge is 2.12. The SMILES string of the molecule is CCCCNC(=O)c1csc(CSc2nc3cc(C)ccc3o2)n1. The van der Waals surface area contributed by atoms with E-state index in [4.69, 9.17) is 4.42 Å². The van der Waals surface area contributed by atoms with Gasteiger partial charge in [-0.1, -0.05) is 31.2 Å². The van der Waals surface area contributed by atoms with Gasteiger partial charge in [-0.15, -0.1) is 11.3 Å². The minimum Gasteiger partial charge on any atom is -0.431 e. The van der Waals surface area contributed by atoms with Crippen molar-refractivity contribution in [2.75, 3.05) is 6.54 Å². The van der Waals surface area contributed by atoms with E-state index in [1.54, 1.807) is 5.38 Å². The zero-order valence-corrected chi connectivity index (χ0v) is 15.3. The number of hydrogen-bond donors (Lipinski definition) is 1. The van der Waals surface area contributed by atoms with Gasteiger partial charge in [-0.05, 0) is 31.0 Å².